The molecule has 0 saturated carbocycles. The molecule has 0 heterocycles. The summed E-state index contributed by atoms with van der Waals surface area (Å²) in [6.07, 6.45) is 2.22. The number of nitrogens with zero attached hydrogens (tertiary/aromatic N) is 1. The van der Waals surface area contributed by atoms with E-state index < -0.39 is 5.97 Å². The maximum absolute atomic E-state index is 11.9. The minimum atomic E-state index is -0.929. The molecule has 1 atom stereocenters. The predicted molar refractivity (Wildman–Crippen MR) is 75.3 cm³/mol. The van der Waals surface area contributed by atoms with Gasteiger partial charge in [0, 0.05) is 20.0 Å². The van der Waals surface area contributed by atoms with Crippen LogP contribution < -0.4 is 10.6 Å². The number of aliphatic carboxylic acids is 1. The number of hydrogen-bond acceptors (Lipinski definition) is 4. The van der Waals surface area contributed by atoms with Crippen LogP contribution in [0.1, 0.15) is 32.6 Å². The molecule has 0 aliphatic carbocycles. The van der Waals surface area contributed by atoms with Crippen molar-refractivity contribution in [1.82, 2.24) is 15.5 Å². The van der Waals surface area contributed by atoms with E-state index in [1.807, 2.05) is 19.0 Å². The van der Waals surface area contributed by atoms with Gasteiger partial charge in [0.25, 0.3) is 0 Å². The van der Waals surface area contributed by atoms with Crippen LogP contribution in [0, 0.1) is 0 Å². The van der Waals surface area contributed by atoms with Crippen molar-refractivity contribution in [2.24, 2.45) is 0 Å². The Morgan fingerprint density at radius 3 is 2.25 bits per heavy atom. The summed E-state index contributed by atoms with van der Waals surface area (Å²) in [4.78, 5) is 34.8. The maximum Gasteiger partial charge on any atom is 0.305 e. The van der Waals surface area contributed by atoms with Crippen LogP contribution in [0.15, 0.2) is 0 Å². The number of carbonyl (C=O) groups is 3. The summed E-state index contributed by atoms with van der Waals surface area (Å²) in [6, 6.07) is -0.277. The highest BCUT2D eigenvalue weighted by atomic mass is 16.4. The summed E-state index contributed by atoms with van der Waals surface area (Å²) >= 11 is 0. The van der Waals surface area contributed by atoms with Gasteiger partial charge in [0.2, 0.25) is 11.8 Å². The highest BCUT2D eigenvalue weighted by Crippen LogP contribution is 2.06. The van der Waals surface area contributed by atoms with Crippen molar-refractivity contribution >= 4 is 17.8 Å². The molecule has 0 radical (unpaired) electrons. The summed E-state index contributed by atoms with van der Waals surface area (Å²) in [6.45, 7) is 2.22. The summed E-state index contributed by atoms with van der Waals surface area (Å²) in [5, 5.41) is 13.9. The third-order valence-corrected chi connectivity index (χ3v) is 2.84. The Hall–Kier alpha value is -1.63. The zero-order valence-electron chi connectivity index (χ0n) is 12.4. The average Bonchev–Trinajstić information content (AvgIpc) is 2.32. The molecular formula is C13H25N3O4. The van der Waals surface area contributed by atoms with E-state index in [9.17, 15) is 14.4 Å². The second-order valence-electron chi connectivity index (χ2n) is 4.89. The summed E-state index contributed by atoms with van der Waals surface area (Å²) in [7, 11) is 3.63. The number of hydrogen-bond donors (Lipinski definition) is 3. The third kappa shape index (κ3) is 9.32. The van der Waals surface area contributed by atoms with E-state index in [1.165, 1.54) is 6.92 Å². The smallest absolute Gasteiger partial charge is 0.305 e. The lowest BCUT2D eigenvalue weighted by molar-refractivity contribution is -0.137. The van der Waals surface area contributed by atoms with Crippen LogP contribution >= 0.6 is 0 Å². The molecule has 20 heavy (non-hydrogen) atoms. The Labute approximate surface area is 119 Å². The van der Waals surface area contributed by atoms with Crippen LogP contribution in [0.25, 0.3) is 0 Å². The normalized spacial score (nSPS) is 12.0. The van der Waals surface area contributed by atoms with Crippen LogP contribution in [-0.2, 0) is 14.4 Å². The Morgan fingerprint density at radius 1 is 1.10 bits per heavy atom. The number of nitrogens with one attached hydrogen (secondary N) is 2. The van der Waals surface area contributed by atoms with E-state index in [1.54, 1.807) is 0 Å². The van der Waals surface area contributed by atoms with Crippen LogP contribution in [0.2, 0.25) is 0 Å². The van der Waals surface area contributed by atoms with Gasteiger partial charge in [-0.15, -0.1) is 0 Å². The minimum Gasteiger partial charge on any atom is -0.481 e. The van der Waals surface area contributed by atoms with Crippen LogP contribution in [0.3, 0.4) is 0 Å². The van der Waals surface area contributed by atoms with Crippen molar-refractivity contribution in [2.45, 2.75) is 38.6 Å². The maximum atomic E-state index is 11.9. The Kier molecular flexibility index (Phi) is 9.36. The molecule has 0 fully saturated rings. The van der Waals surface area contributed by atoms with Gasteiger partial charge in [-0.05, 0) is 33.4 Å². The fraction of sp³-hybridized carbons (Fsp3) is 0.769. The lowest BCUT2D eigenvalue weighted by Crippen LogP contribution is -2.44. The van der Waals surface area contributed by atoms with Crippen molar-refractivity contribution in [1.29, 1.82) is 0 Å². The molecule has 0 bridgehead atoms. The van der Waals surface area contributed by atoms with Crippen LogP contribution in [0.4, 0.5) is 0 Å². The van der Waals surface area contributed by atoms with Gasteiger partial charge in [-0.1, -0.05) is 0 Å². The zero-order chi connectivity index (χ0) is 15.5. The first-order chi connectivity index (χ1) is 9.34. The molecule has 0 aromatic rings. The first kappa shape index (κ1) is 18.4. The fourth-order valence-electron chi connectivity index (χ4n) is 1.76. The monoisotopic (exact) mass is 292 g/mol. The van der Waals surface area contributed by atoms with Gasteiger partial charge in [-0.3, -0.25) is 19.3 Å². The van der Waals surface area contributed by atoms with Gasteiger partial charge >= 0.3 is 5.97 Å². The first-order valence-corrected chi connectivity index (χ1v) is 6.75. The molecule has 0 aliphatic rings. The molecule has 0 aliphatic heterocycles. The number of carboxylic acid groups (broad SMARTS) is 1. The number of carboxylic acids is 1. The van der Waals surface area contributed by atoms with E-state index in [0.717, 1.165) is 12.8 Å². The van der Waals surface area contributed by atoms with Crippen molar-refractivity contribution in [2.75, 3.05) is 27.2 Å². The summed E-state index contributed by atoms with van der Waals surface area (Å²) < 4.78 is 0. The van der Waals surface area contributed by atoms with Crippen molar-refractivity contribution < 1.29 is 19.5 Å². The fourth-order valence-corrected chi connectivity index (χ4v) is 1.76. The van der Waals surface area contributed by atoms with Gasteiger partial charge in [0.05, 0.1) is 12.5 Å². The number of carbonyl (C=O) groups excluding carboxylic acids is 2. The highest BCUT2D eigenvalue weighted by molar-refractivity contribution is 5.82. The van der Waals surface area contributed by atoms with Gasteiger partial charge in [0.15, 0.2) is 0 Å². The first-order valence-electron chi connectivity index (χ1n) is 6.75. The molecule has 0 aromatic carbocycles. The number of rotatable bonds is 10. The second kappa shape index (κ2) is 10.2. The standard InChI is InChI=1S/C13H25N3O4/c1-10(17)14-8-5-4-6-11(16(2)3)13(20)15-9-7-12(18)19/h11H,4-9H2,1-3H3,(H,14,17)(H,15,20)(H,18,19)/i2+1,3+1,9+1,10+1,15+1. The lowest BCUT2D eigenvalue weighted by Gasteiger charge is -2.23. The largest absolute Gasteiger partial charge is 0.481 e. The molecular weight excluding hydrogens is 267 g/mol. The number of likely N-dealkylation sites (N-methyl/N-ethyl adjacent to an activating group) is 1. The molecule has 0 aromatic heterocycles. The number of unbranched alkanes of at least 4 members (excludes halogenated alkanes) is 1. The van der Waals surface area contributed by atoms with Crippen LogP contribution in [0.5, 0.6) is 0 Å². The molecule has 116 valence electrons. The highest BCUT2D eigenvalue weighted by Gasteiger charge is 2.19. The van der Waals surface area contributed by atoms with Gasteiger partial charge < -0.3 is 15.7 Å². The molecule has 2 amide bonds. The van der Waals surface area contributed by atoms with E-state index in [0.29, 0.717) is 13.0 Å². The van der Waals surface area contributed by atoms with E-state index in [-0.39, 0.29) is 30.8 Å². The second-order valence-corrected chi connectivity index (χ2v) is 4.89. The Morgan fingerprint density at radius 2 is 1.75 bits per heavy atom. The molecule has 0 rings (SSSR count). The number of amides is 2. The molecule has 7 nitrogen and oxygen atoms in total. The van der Waals surface area contributed by atoms with Crippen LogP contribution in [-0.4, -0.2) is 61.0 Å². The lowest BCUT2D eigenvalue weighted by atomic mass is 10.1. The van der Waals surface area contributed by atoms with Crippen molar-refractivity contribution in [3.63, 3.8) is 0 Å². The van der Waals surface area contributed by atoms with Gasteiger partial charge in [0.1, 0.15) is 0 Å². The molecule has 3 N–H and O–H groups in total. The molecule has 1 unspecified atom stereocenters. The Balaban J connectivity index is 3.99. The third-order valence-electron chi connectivity index (χ3n) is 2.84. The van der Waals surface area contributed by atoms with Crippen molar-refractivity contribution in [3.05, 3.63) is 0 Å². The minimum absolute atomic E-state index is 0.0550. The summed E-state index contributed by atoms with van der Waals surface area (Å²) in [5.74, 6) is -1.14. The van der Waals surface area contributed by atoms with Gasteiger partial charge in [-0.2, -0.15) is 0 Å². The van der Waals surface area contributed by atoms with E-state index in [2.05, 4.69) is 10.6 Å². The molecule has 7 heteroatoms. The predicted octanol–water partition coefficient (Wildman–Crippen LogP) is -0.186. The summed E-state index contributed by atoms with van der Waals surface area (Å²) in [5.41, 5.74) is 0. The topological polar surface area (TPSA) is 98.7 Å². The SMILES string of the molecule is C[13C](=O)NCCCCC(C(=O)[15NH][13CH2]CC(=O)O)N([13CH3])[13CH3]. The van der Waals surface area contributed by atoms with E-state index >= 15 is 0 Å². The average molecular weight is 292 g/mol. The van der Waals surface area contributed by atoms with Gasteiger partial charge in [-0.25, -0.2) is 0 Å². The molecule has 0 spiro atoms. The Bertz CT molecular complexity index is 332. The van der Waals surface area contributed by atoms with Crippen molar-refractivity contribution in [3.8, 4) is 0 Å². The molecule has 0 saturated heterocycles. The quantitative estimate of drug-likeness (QED) is 0.294. The van der Waals surface area contributed by atoms with E-state index in [4.69, 9.17) is 5.11 Å². The zero-order valence-corrected chi connectivity index (χ0v) is 12.4.